The zero-order chi connectivity index (χ0) is 15.5. The average molecular weight is 416 g/mol. The van der Waals surface area contributed by atoms with E-state index in [1.165, 1.54) is 0 Å². The largest absolute Gasteiger partial charge is 0.316 e. The molecule has 0 radical (unpaired) electrons. The maximum Gasteiger partial charge on any atom is 0.261 e. The Hall–Kier alpha value is -1.12. The molecule has 6 heteroatoms. The molecule has 2 rings (SSSR count). The lowest BCUT2D eigenvalue weighted by molar-refractivity contribution is 0.601. The van der Waals surface area contributed by atoms with Crippen molar-refractivity contribution in [2.45, 2.75) is 18.4 Å². The molecule has 0 aromatic heterocycles. The molecule has 0 aliphatic heterocycles. The van der Waals surface area contributed by atoms with Crippen molar-refractivity contribution in [1.29, 1.82) is 0 Å². The lowest BCUT2D eigenvalue weighted by Crippen LogP contribution is -2.14. The summed E-state index contributed by atoms with van der Waals surface area (Å²) in [6.45, 7) is 2.61. The molecule has 0 bridgehead atoms. The van der Waals surface area contributed by atoms with Gasteiger partial charge < -0.3 is 5.32 Å². The quantitative estimate of drug-likeness (QED) is 0.737. The highest BCUT2D eigenvalue weighted by Crippen LogP contribution is 2.20. The van der Waals surface area contributed by atoms with Crippen molar-refractivity contribution in [3.8, 4) is 0 Å². The summed E-state index contributed by atoms with van der Waals surface area (Å²) in [5, 5.41) is 3.04. The molecule has 0 heterocycles. The highest BCUT2D eigenvalue weighted by molar-refractivity contribution is 14.1. The third-order valence-electron chi connectivity index (χ3n) is 3.09. The molecule has 4 nitrogen and oxygen atoms in total. The molecular formula is C15H17IN2O2S. The highest BCUT2D eigenvalue weighted by atomic mass is 127. The molecule has 2 aromatic carbocycles. The molecule has 112 valence electrons. The predicted octanol–water partition coefficient (Wildman–Crippen LogP) is 3.12. The monoisotopic (exact) mass is 416 g/mol. The molecule has 0 aliphatic carbocycles. The number of hydrogen-bond donors (Lipinski definition) is 2. The van der Waals surface area contributed by atoms with Crippen molar-refractivity contribution in [3.05, 3.63) is 57.2 Å². The molecular weight excluding hydrogens is 399 g/mol. The van der Waals surface area contributed by atoms with Crippen LogP contribution in [0.5, 0.6) is 0 Å². The second kappa shape index (κ2) is 6.76. The second-order valence-electron chi connectivity index (χ2n) is 4.73. The van der Waals surface area contributed by atoms with Crippen LogP contribution in [-0.4, -0.2) is 15.5 Å². The minimum atomic E-state index is -3.56. The number of sulfonamides is 1. The summed E-state index contributed by atoms with van der Waals surface area (Å²) in [5.41, 5.74) is 2.60. The highest BCUT2D eigenvalue weighted by Gasteiger charge is 2.15. The Morgan fingerprint density at radius 1 is 1.10 bits per heavy atom. The average Bonchev–Trinajstić information content (AvgIpc) is 2.43. The van der Waals surface area contributed by atoms with Crippen LogP contribution < -0.4 is 10.0 Å². The third-order valence-corrected chi connectivity index (χ3v) is 5.19. The predicted molar refractivity (Wildman–Crippen MR) is 93.9 cm³/mol. The Balaban J connectivity index is 2.31. The van der Waals surface area contributed by atoms with Gasteiger partial charge >= 0.3 is 0 Å². The van der Waals surface area contributed by atoms with Crippen LogP contribution in [0.2, 0.25) is 0 Å². The van der Waals surface area contributed by atoms with E-state index in [0.717, 1.165) is 14.7 Å². The van der Waals surface area contributed by atoms with E-state index in [-0.39, 0.29) is 4.90 Å². The van der Waals surface area contributed by atoms with Crippen LogP contribution >= 0.6 is 22.6 Å². The van der Waals surface area contributed by atoms with Crippen LogP contribution in [0.4, 0.5) is 5.69 Å². The Morgan fingerprint density at radius 3 is 2.38 bits per heavy atom. The first-order chi connectivity index (χ1) is 9.92. The topological polar surface area (TPSA) is 58.2 Å². The van der Waals surface area contributed by atoms with E-state index >= 15 is 0 Å². The van der Waals surface area contributed by atoms with Gasteiger partial charge in [0.2, 0.25) is 0 Å². The van der Waals surface area contributed by atoms with E-state index in [2.05, 4.69) is 32.6 Å². The lowest BCUT2D eigenvalue weighted by atomic mass is 10.1. The van der Waals surface area contributed by atoms with Gasteiger partial charge in [-0.05, 0) is 84.1 Å². The minimum absolute atomic E-state index is 0.275. The number of halogens is 1. The molecule has 0 saturated carbocycles. The number of aryl methyl sites for hydroxylation is 1. The first kappa shape index (κ1) is 16.3. The summed E-state index contributed by atoms with van der Waals surface area (Å²) >= 11 is 2.18. The third kappa shape index (κ3) is 4.18. The smallest absolute Gasteiger partial charge is 0.261 e. The summed E-state index contributed by atoms with van der Waals surface area (Å²) in [4.78, 5) is 0.275. The summed E-state index contributed by atoms with van der Waals surface area (Å²) in [5.74, 6) is 0. The molecule has 0 amide bonds. The molecule has 0 unspecified atom stereocenters. The normalized spacial score (nSPS) is 11.4. The van der Waals surface area contributed by atoms with Gasteiger partial charge in [0.15, 0.2) is 0 Å². The molecule has 0 aliphatic rings. The van der Waals surface area contributed by atoms with Crippen molar-refractivity contribution in [2.24, 2.45) is 0 Å². The minimum Gasteiger partial charge on any atom is -0.316 e. The fourth-order valence-electron chi connectivity index (χ4n) is 1.93. The van der Waals surface area contributed by atoms with Gasteiger partial charge in [0.1, 0.15) is 0 Å². The molecule has 0 atom stereocenters. The van der Waals surface area contributed by atoms with Crippen LogP contribution in [0, 0.1) is 10.5 Å². The van der Waals surface area contributed by atoms with Gasteiger partial charge in [-0.25, -0.2) is 8.42 Å². The van der Waals surface area contributed by atoms with Gasteiger partial charge in [0.25, 0.3) is 10.0 Å². The van der Waals surface area contributed by atoms with Crippen LogP contribution in [0.25, 0.3) is 0 Å². The SMILES string of the molecule is CNCc1cc(S(=O)(=O)Nc2ccc(I)cc2)ccc1C. The van der Waals surface area contributed by atoms with Gasteiger partial charge in [0, 0.05) is 15.8 Å². The van der Waals surface area contributed by atoms with Gasteiger partial charge in [0.05, 0.1) is 4.90 Å². The standard InChI is InChI=1S/C15H17IN2O2S/c1-11-3-8-15(9-12(11)10-17-2)21(19,20)18-14-6-4-13(16)5-7-14/h3-9,17-18H,10H2,1-2H3. The number of anilines is 1. The number of hydrogen-bond acceptors (Lipinski definition) is 3. The first-order valence-electron chi connectivity index (χ1n) is 6.45. The Bertz CT molecular complexity index is 728. The number of nitrogens with one attached hydrogen (secondary N) is 2. The Labute approximate surface area is 139 Å². The summed E-state index contributed by atoms with van der Waals surface area (Å²) < 4.78 is 28.5. The second-order valence-corrected chi connectivity index (χ2v) is 7.66. The van der Waals surface area contributed by atoms with Gasteiger partial charge in [-0.2, -0.15) is 0 Å². The van der Waals surface area contributed by atoms with Crippen molar-refractivity contribution >= 4 is 38.3 Å². The van der Waals surface area contributed by atoms with Crippen LogP contribution in [-0.2, 0) is 16.6 Å². The summed E-state index contributed by atoms with van der Waals surface area (Å²) in [7, 11) is -1.73. The fraction of sp³-hybridized carbons (Fsp3) is 0.200. The summed E-state index contributed by atoms with van der Waals surface area (Å²) in [6.07, 6.45) is 0. The molecule has 2 aromatic rings. The fourth-order valence-corrected chi connectivity index (χ4v) is 3.40. The van der Waals surface area contributed by atoms with Crippen molar-refractivity contribution in [3.63, 3.8) is 0 Å². The number of benzene rings is 2. The van der Waals surface area contributed by atoms with E-state index in [1.54, 1.807) is 24.3 Å². The Morgan fingerprint density at radius 2 is 1.76 bits per heavy atom. The molecule has 0 spiro atoms. The van der Waals surface area contributed by atoms with E-state index in [0.29, 0.717) is 12.2 Å². The van der Waals surface area contributed by atoms with Crippen molar-refractivity contribution in [2.75, 3.05) is 11.8 Å². The zero-order valence-corrected chi connectivity index (χ0v) is 14.8. The van der Waals surface area contributed by atoms with E-state index in [4.69, 9.17) is 0 Å². The van der Waals surface area contributed by atoms with Crippen molar-refractivity contribution < 1.29 is 8.42 Å². The van der Waals surface area contributed by atoms with Gasteiger partial charge in [-0.1, -0.05) is 6.07 Å². The van der Waals surface area contributed by atoms with E-state index in [1.807, 2.05) is 32.2 Å². The molecule has 21 heavy (non-hydrogen) atoms. The molecule has 2 N–H and O–H groups in total. The first-order valence-corrected chi connectivity index (χ1v) is 9.01. The molecule has 0 fully saturated rings. The van der Waals surface area contributed by atoms with Crippen LogP contribution in [0.3, 0.4) is 0 Å². The van der Waals surface area contributed by atoms with Gasteiger partial charge in [-0.3, -0.25) is 4.72 Å². The van der Waals surface area contributed by atoms with Crippen LogP contribution in [0.1, 0.15) is 11.1 Å². The lowest BCUT2D eigenvalue weighted by Gasteiger charge is -2.11. The zero-order valence-electron chi connectivity index (χ0n) is 11.9. The Kier molecular flexibility index (Phi) is 5.23. The van der Waals surface area contributed by atoms with E-state index < -0.39 is 10.0 Å². The van der Waals surface area contributed by atoms with Crippen molar-refractivity contribution in [1.82, 2.24) is 5.32 Å². The van der Waals surface area contributed by atoms with Crippen LogP contribution in [0.15, 0.2) is 47.4 Å². The molecule has 0 saturated heterocycles. The van der Waals surface area contributed by atoms with Gasteiger partial charge in [-0.15, -0.1) is 0 Å². The number of rotatable bonds is 5. The maximum absolute atomic E-state index is 12.4. The maximum atomic E-state index is 12.4. The summed E-state index contributed by atoms with van der Waals surface area (Å²) in [6, 6.07) is 12.4. The van der Waals surface area contributed by atoms with E-state index in [9.17, 15) is 8.42 Å².